The van der Waals surface area contributed by atoms with Crippen LogP contribution in [-0.4, -0.2) is 44.5 Å². The number of anilines is 1. The summed E-state index contributed by atoms with van der Waals surface area (Å²) in [6, 6.07) is 8.53. The molecule has 9 heteroatoms. The van der Waals surface area contributed by atoms with E-state index in [0.29, 0.717) is 28.5 Å². The largest absolute Gasteiger partial charge is 0.493 e. The number of nitrogens with zero attached hydrogens (tertiary/aromatic N) is 2. The zero-order valence-electron chi connectivity index (χ0n) is 16.6. The molecule has 2 heterocycles. The molecule has 0 radical (unpaired) electrons. The number of oxime groups is 1. The van der Waals surface area contributed by atoms with E-state index in [9.17, 15) is 14.0 Å². The number of carbonyl (C=O) groups is 2. The highest BCUT2D eigenvalue weighted by Gasteiger charge is 2.58. The van der Waals surface area contributed by atoms with Crippen molar-refractivity contribution in [2.45, 2.75) is 18.4 Å². The highest BCUT2D eigenvalue weighted by Crippen LogP contribution is 2.44. The van der Waals surface area contributed by atoms with Crippen LogP contribution in [0.5, 0.6) is 17.2 Å². The molecule has 1 saturated heterocycles. The minimum Gasteiger partial charge on any atom is -0.493 e. The molecule has 0 aromatic heterocycles. The first-order chi connectivity index (χ1) is 14.4. The second-order valence-corrected chi connectivity index (χ2v) is 6.87. The van der Waals surface area contributed by atoms with Gasteiger partial charge < -0.3 is 19.0 Å². The molecule has 4 rings (SSSR count). The lowest BCUT2D eigenvalue weighted by atomic mass is 9.92. The molecule has 2 aromatic rings. The quantitative estimate of drug-likeness (QED) is 0.700. The van der Waals surface area contributed by atoms with E-state index in [1.54, 1.807) is 12.1 Å². The summed E-state index contributed by atoms with van der Waals surface area (Å²) in [7, 11) is 4.47. The molecular formula is C21H19FN2O6. The van der Waals surface area contributed by atoms with Crippen LogP contribution in [0.15, 0.2) is 41.6 Å². The monoisotopic (exact) mass is 414 g/mol. The summed E-state index contributed by atoms with van der Waals surface area (Å²) >= 11 is 0. The van der Waals surface area contributed by atoms with Gasteiger partial charge in [-0.05, 0) is 36.4 Å². The van der Waals surface area contributed by atoms with Gasteiger partial charge in [0.2, 0.25) is 17.3 Å². The number of ether oxygens (including phenoxy) is 3. The molecule has 30 heavy (non-hydrogen) atoms. The van der Waals surface area contributed by atoms with Crippen molar-refractivity contribution < 1.29 is 33.0 Å². The van der Waals surface area contributed by atoms with Gasteiger partial charge in [0.1, 0.15) is 5.82 Å². The highest BCUT2D eigenvalue weighted by atomic mass is 19.1. The Kier molecular flexibility index (Phi) is 4.81. The summed E-state index contributed by atoms with van der Waals surface area (Å²) in [5.41, 5.74) is -0.162. The Balaban J connectivity index is 1.65. The molecule has 0 unspecified atom stereocenters. The number of carbonyl (C=O) groups excluding carboxylic acids is 2. The predicted molar refractivity (Wildman–Crippen MR) is 105 cm³/mol. The maximum atomic E-state index is 13.2. The summed E-state index contributed by atoms with van der Waals surface area (Å²) < 4.78 is 29.4. The fourth-order valence-electron chi connectivity index (χ4n) is 3.73. The lowest BCUT2D eigenvalue weighted by Gasteiger charge is -2.19. The fourth-order valence-corrected chi connectivity index (χ4v) is 3.73. The highest BCUT2D eigenvalue weighted by molar-refractivity contribution is 6.26. The molecule has 2 amide bonds. The van der Waals surface area contributed by atoms with Gasteiger partial charge >= 0.3 is 0 Å². The number of rotatable bonds is 5. The van der Waals surface area contributed by atoms with E-state index in [1.807, 2.05) is 0 Å². The Bertz CT molecular complexity index is 1050. The number of hydrogen-bond acceptors (Lipinski definition) is 7. The van der Waals surface area contributed by atoms with Crippen LogP contribution in [0.1, 0.15) is 18.4 Å². The molecule has 2 aromatic carbocycles. The SMILES string of the molecule is COc1ccc(C2=NO[C@]3(CC(=O)N(c4ccc(F)cc4)C3=O)C2)c(OC)c1OC. The van der Waals surface area contributed by atoms with Gasteiger partial charge in [0.05, 0.1) is 39.1 Å². The van der Waals surface area contributed by atoms with Crippen LogP contribution >= 0.6 is 0 Å². The normalized spacial score (nSPS) is 20.4. The van der Waals surface area contributed by atoms with E-state index < -0.39 is 23.2 Å². The Morgan fingerprint density at radius 3 is 2.30 bits per heavy atom. The number of methoxy groups -OCH3 is 3. The van der Waals surface area contributed by atoms with E-state index in [0.717, 1.165) is 4.90 Å². The van der Waals surface area contributed by atoms with E-state index in [4.69, 9.17) is 19.0 Å². The Hall–Kier alpha value is -3.62. The molecule has 1 atom stereocenters. The van der Waals surface area contributed by atoms with Crippen LogP contribution in [0.4, 0.5) is 10.1 Å². The van der Waals surface area contributed by atoms with Crippen molar-refractivity contribution in [3.05, 3.63) is 47.8 Å². The maximum absolute atomic E-state index is 13.2. The van der Waals surface area contributed by atoms with Crippen LogP contribution in [0.3, 0.4) is 0 Å². The van der Waals surface area contributed by atoms with Gasteiger partial charge in [-0.25, -0.2) is 9.29 Å². The van der Waals surface area contributed by atoms with Crippen molar-refractivity contribution in [3.8, 4) is 17.2 Å². The topological polar surface area (TPSA) is 86.7 Å². The molecule has 1 spiro atoms. The zero-order valence-corrected chi connectivity index (χ0v) is 16.6. The summed E-state index contributed by atoms with van der Waals surface area (Å²) in [5.74, 6) is -0.219. The molecule has 0 saturated carbocycles. The Labute approximate surface area is 171 Å². The molecule has 0 N–H and O–H groups in total. The second kappa shape index (κ2) is 7.33. The average molecular weight is 414 g/mol. The first-order valence-corrected chi connectivity index (χ1v) is 9.11. The van der Waals surface area contributed by atoms with Crippen molar-refractivity contribution in [1.82, 2.24) is 0 Å². The van der Waals surface area contributed by atoms with Gasteiger partial charge in [0, 0.05) is 12.0 Å². The second-order valence-electron chi connectivity index (χ2n) is 6.87. The van der Waals surface area contributed by atoms with E-state index in [2.05, 4.69) is 5.16 Å². The lowest BCUT2D eigenvalue weighted by molar-refractivity contribution is -0.136. The molecule has 0 bridgehead atoms. The van der Waals surface area contributed by atoms with E-state index in [-0.39, 0.29) is 18.5 Å². The standard InChI is InChI=1S/C21H19FN2O6/c1-27-16-9-8-14(18(28-2)19(16)29-3)15-10-21(30-23-15)11-17(25)24(20(21)26)13-6-4-12(22)5-7-13/h4-9H,10-11H2,1-3H3/t21-/m0/s1. The first-order valence-electron chi connectivity index (χ1n) is 9.11. The van der Waals surface area contributed by atoms with Crippen molar-refractivity contribution >= 4 is 23.2 Å². The fraction of sp³-hybridized carbons (Fsp3) is 0.286. The summed E-state index contributed by atoms with van der Waals surface area (Å²) in [4.78, 5) is 32.3. The molecule has 2 aliphatic heterocycles. The van der Waals surface area contributed by atoms with Crippen molar-refractivity contribution in [1.29, 1.82) is 0 Å². The molecule has 2 aliphatic rings. The van der Waals surface area contributed by atoms with Gasteiger partial charge in [-0.1, -0.05) is 5.16 Å². The summed E-state index contributed by atoms with van der Waals surface area (Å²) in [5, 5.41) is 4.09. The minimum atomic E-state index is -1.45. The molecule has 8 nitrogen and oxygen atoms in total. The predicted octanol–water partition coefficient (Wildman–Crippen LogP) is 2.68. The van der Waals surface area contributed by atoms with Crippen LogP contribution in [0.25, 0.3) is 0 Å². The molecule has 1 fully saturated rings. The summed E-state index contributed by atoms with van der Waals surface area (Å²) in [6.07, 6.45) is -0.104. The zero-order chi connectivity index (χ0) is 21.5. The minimum absolute atomic E-state index is 0.0705. The smallest absolute Gasteiger partial charge is 0.281 e. The van der Waals surface area contributed by atoms with Crippen molar-refractivity contribution in [2.24, 2.45) is 5.16 Å². The number of hydrogen-bond donors (Lipinski definition) is 0. The third-order valence-electron chi connectivity index (χ3n) is 5.16. The Morgan fingerprint density at radius 1 is 0.967 bits per heavy atom. The third kappa shape index (κ3) is 2.94. The van der Waals surface area contributed by atoms with E-state index in [1.165, 1.54) is 45.6 Å². The number of amides is 2. The number of imide groups is 1. The van der Waals surface area contributed by atoms with Crippen LogP contribution < -0.4 is 19.1 Å². The summed E-state index contributed by atoms with van der Waals surface area (Å²) in [6.45, 7) is 0. The van der Waals surface area contributed by atoms with E-state index >= 15 is 0 Å². The maximum Gasteiger partial charge on any atom is 0.281 e. The van der Waals surface area contributed by atoms with Gasteiger partial charge in [-0.2, -0.15) is 0 Å². The molecule has 156 valence electrons. The van der Waals surface area contributed by atoms with Gasteiger partial charge in [-0.15, -0.1) is 0 Å². The van der Waals surface area contributed by atoms with Gasteiger partial charge in [0.25, 0.3) is 5.91 Å². The van der Waals surface area contributed by atoms with Crippen LogP contribution in [-0.2, 0) is 14.4 Å². The van der Waals surface area contributed by atoms with Crippen molar-refractivity contribution in [2.75, 3.05) is 26.2 Å². The van der Waals surface area contributed by atoms with Crippen LogP contribution in [0.2, 0.25) is 0 Å². The first kappa shape index (κ1) is 19.7. The molecular weight excluding hydrogens is 395 g/mol. The van der Waals surface area contributed by atoms with Crippen molar-refractivity contribution in [3.63, 3.8) is 0 Å². The Morgan fingerprint density at radius 2 is 1.67 bits per heavy atom. The lowest BCUT2D eigenvalue weighted by Crippen LogP contribution is -2.40. The van der Waals surface area contributed by atoms with Crippen LogP contribution in [0, 0.1) is 5.82 Å². The number of benzene rings is 2. The molecule has 0 aliphatic carbocycles. The number of halogens is 1. The van der Waals surface area contributed by atoms with Gasteiger partial charge in [0.15, 0.2) is 11.5 Å². The average Bonchev–Trinajstić information content (AvgIpc) is 3.28. The van der Waals surface area contributed by atoms with Gasteiger partial charge in [-0.3, -0.25) is 9.59 Å². The third-order valence-corrected chi connectivity index (χ3v) is 5.16.